The molecule has 1 aromatic rings. The lowest BCUT2D eigenvalue weighted by atomic mass is 9.69. The zero-order valence-electron chi connectivity index (χ0n) is 18.6. The van der Waals surface area contributed by atoms with Crippen LogP contribution in [0.1, 0.15) is 57.4 Å². The number of methoxy groups -OCH3 is 1. The summed E-state index contributed by atoms with van der Waals surface area (Å²) in [6.45, 7) is 3.64. The number of phenolic OH excluding ortho intramolecular Hbond substituents is 1. The highest BCUT2D eigenvalue weighted by molar-refractivity contribution is 6.12. The van der Waals surface area contributed by atoms with Crippen LogP contribution in [0.5, 0.6) is 5.75 Å². The second-order valence-electron chi connectivity index (χ2n) is 8.94. The van der Waals surface area contributed by atoms with E-state index in [0.29, 0.717) is 34.5 Å². The Bertz CT molecular complexity index is 1020. The third kappa shape index (κ3) is 3.92. The number of ketones is 1. The van der Waals surface area contributed by atoms with E-state index in [1.54, 1.807) is 25.1 Å². The second kappa shape index (κ2) is 8.81. The van der Waals surface area contributed by atoms with E-state index in [-0.39, 0.29) is 23.6 Å². The Morgan fingerprint density at radius 1 is 1.19 bits per heavy atom. The van der Waals surface area contributed by atoms with Gasteiger partial charge in [-0.25, -0.2) is 4.79 Å². The van der Waals surface area contributed by atoms with Crippen molar-refractivity contribution in [3.63, 3.8) is 0 Å². The van der Waals surface area contributed by atoms with Gasteiger partial charge in [0.1, 0.15) is 17.8 Å². The average Bonchev–Trinajstić information content (AvgIpc) is 3.25. The number of esters is 2. The van der Waals surface area contributed by atoms with E-state index in [2.05, 4.69) is 5.32 Å². The summed E-state index contributed by atoms with van der Waals surface area (Å²) in [5.74, 6) is -3.29. The van der Waals surface area contributed by atoms with Crippen molar-refractivity contribution in [3.05, 3.63) is 52.4 Å². The summed E-state index contributed by atoms with van der Waals surface area (Å²) in [6.07, 6.45) is 4.05. The van der Waals surface area contributed by atoms with Crippen molar-refractivity contribution in [1.82, 2.24) is 5.32 Å². The number of aromatic hydroxyl groups is 1. The Balaban J connectivity index is 1.81. The first-order valence-corrected chi connectivity index (χ1v) is 11.1. The zero-order chi connectivity index (χ0) is 23.0. The normalized spacial score (nSPS) is 26.0. The zero-order valence-corrected chi connectivity index (χ0v) is 18.6. The Labute approximate surface area is 187 Å². The lowest BCUT2D eigenvalue weighted by molar-refractivity contribution is -0.151. The maximum Gasteiger partial charge on any atom is 0.337 e. The molecule has 0 amide bonds. The van der Waals surface area contributed by atoms with Crippen LogP contribution in [-0.2, 0) is 23.9 Å². The van der Waals surface area contributed by atoms with E-state index < -0.39 is 23.8 Å². The largest absolute Gasteiger partial charge is 0.508 e. The number of carbonyl (C=O) groups is 3. The summed E-state index contributed by atoms with van der Waals surface area (Å²) in [5.41, 5.74) is 2.63. The Morgan fingerprint density at radius 3 is 2.56 bits per heavy atom. The van der Waals surface area contributed by atoms with Crippen LogP contribution in [0.25, 0.3) is 0 Å². The summed E-state index contributed by atoms with van der Waals surface area (Å²) in [5, 5.41) is 13.4. The van der Waals surface area contributed by atoms with Crippen molar-refractivity contribution in [3.8, 4) is 5.75 Å². The molecule has 0 bridgehead atoms. The first-order chi connectivity index (χ1) is 15.3. The smallest absolute Gasteiger partial charge is 0.337 e. The molecule has 1 saturated carbocycles. The molecule has 3 atom stereocenters. The van der Waals surface area contributed by atoms with Gasteiger partial charge < -0.3 is 19.9 Å². The molecule has 0 spiro atoms. The molecule has 0 aromatic heterocycles. The molecule has 1 aromatic carbocycles. The predicted octanol–water partition coefficient (Wildman–Crippen LogP) is 3.49. The van der Waals surface area contributed by atoms with Gasteiger partial charge in [-0.2, -0.15) is 0 Å². The minimum absolute atomic E-state index is 0.0329. The SMILES string of the molecule is COC(=O)C1C(=O)C2=C(CC1C)NC(C)=C(C(=O)OC1CCCC1)C2c1cccc(O)c1. The molecule has 2 N–H and O–H groups in total. The molecule has 1 heterocycles. The van der Waals surface area contributed by atoms with Crippen LogP contribution in [0.4, 0.5) is 0 Å². The number of Topliss-reactive ketones (excluding diaryl/α,β-unsaturated/α-hetero) is 1. The van der Waals surface area contributed by atoms with Gasteiger partial charge in [0.25, 0.3) is 0 Å². The lowest BCUT2D eigenvalue weighted by Gasteiger charge is -2.38. The molecule has 0 saturated heterocycles. The summed E-state index contributed by atoms with van der Waals surface area (Å²) in [6, 6.07) is 6.54. The van der Waals surface area contributed by atoms with Crippen molar-refractivity contribution in [2.75, 3.05) is 7.11 Å². The van der Waals surface area contributed by atoms with Crippen LogP contribution >= 0.6 is 0 Å². The molecule has 7 heteroatoms. The fourth-order valence-electron chi connectivity index (χ4n) is 5.21. The number of dihydropyridines is 1. The van der Waals surface area contributed by atoms with Crippen molar-refractivity contribution in [2.24, 2.45) is 11.8 Å². The van der Waals surface area contributed by atoms with E-state index >= 15 is 0 Å². The summed E-state index contributed by atoms with van der Waals surface area (Å²) in [7, 11) is 1.27. The van der Waals surface area contributed by atoms with Gasteiger partial charge in [-0.15, -0.1) is 0 Å². The van der Waals surface area contributed by atoms with E-state index in [4.69, 9.17) is 9.47 Å². The molecule has 2 aliphatic carbocycles. The molecule has 3 aliphatic rings. The summed E-state index contributed by atoms with van der Waals surface area (Å²) >= 11 is 0. The van der Waals surface area contributed by atoms with Crippen LogP contribution in [0.3, 0.4) is 0 Å². The highest BCUT2D eigenvalue weighted by Crippen LogP contribution is 2.46. The van der Waals surface area contributed by atoms with Crippen molar-refractivity contribution in [1.29, 1.82) is 0 Å². The molecule has 32 heavy (non-hydrogen) atoms. The fraction of sp³-hybridized carbons (Fsp3) is 0.480. The van der Waals surface area contributed by atoms with Gasteiger partial charge in [-0.3, -0.25) is 9.59 Å². The number of hydrogen-bond donors (Lipinski definition) is 2. The first kappa shape index (κ1) is 22.1. The lowest BCUT2D eigenvalue weighted by Crippen LogP contribution is -2.43. The monoisotopic (exact) mass is 439 g/mol. The van der Waals surface area contributed by atoms with E-state index in [0.717, 1.165) is 25.7 Å². The highest BCUT2D eigenvalue weighted by Gasteiger charge is 2.47. The van der Waals surface area contributed by atoms with Gasteiger partial charge in [0.05, 0.1) is 12.7 Å². The summed E-state index contributed by atoms with van der Waals surface area (Å²) in [4.78, 5) is 39.4. The van der Waals surface area contributed by atoms with Crippen LogP contribution in [-0.4, -0.2) is 36.0 Å². The van der Waals surface area contributed by atoms with Crippen LogP contribution in [0, 0.1) is 11.8 Å². The minimum Gasteiger partial charge on any atom is -0.508 e. The minimum atomic E-state index is -0.939. The fourth-order valence-corrected chi connectivity index (χ4v) is 5.21. The van der Waals surface area contributed by atoms with Gasteiger partial charge in [0.2, 0.25) is 0 Å². The Morgan fingerprint density at radius 2 is 1.91 bits per heavy atom. The second-order valence-corrected chi connectivity index (χ2v) is 8.94. The first-order valence-electron chi connectivity index (χ1n) is 11.1. The van der Waals surface area contributed by atoms with E-state index in [1.807, 2.05) is 6.92 Å². The topological polar surface area (TPSA) is 102 Å². The van der Waals surface area contributed by atoms with Crippen LogP contribution in [0.2, 0.25) is 0 Å². The molecular formula is C25H29NO6. The number of phenols is 1. The highest BCUT2D eigenvalue weighted by atomic mass is 16.5. The number of carbonyl (C=O) groups excluding carboxylic acids is 3. The van der Waals surface area contributed by atoms with Gasteiger partial charge >= 0.3 is 11.9 Å². The van der Waals surface area contributed by atoms with Crippen molar-refractivity contribution >= 4 is 17.7 Å². The molecule has 7 nitrogen and oxygen atoms in total. The van der Waals surface area contributed by atoms with Crippen LogP contribution in [0.15, 0.2) is 46.8 Å². The standard InChI is InChI=1S/C25H29NO6/c1-13-11-18-22(23(28)19(13)24(29)31-3)21(15-7-6-8-16(27)12-15)20(14(2)26-18)25(30)32-17-9-4-5-10-17/h6-8,12-13,17,19,21,26-27H,4-5,9-11H2,1-3H3. The van der Waals surface area contributed by atoms with E-state index in [1.165, 1.54) is 13.2 Å². The quantitative estimate of drug-likeness (QED) is 0.547. The molecule has 3 unspecified atom stereocenters. The number of benzene rings is 1. The number of hydrogen-bond acceptors (Lipinski definition) is 7. The molecule has 0 radical (unpaired) electrons. The number of ether oxygens (including phenoxy) is 2. The third-order valence-corrected chi connectivity index (χ3v) is 6.74. The van der Waals surface area contributed by atoms with Gasteiger partial charge in [-0.1, -0.05) is 19.1 Å². The van der Waals surface area contributed by atoms with E-state index in [9.17, 15) is 19.5 Å². The van der Waals surface area contributed by atoms with Crippen molar-refractivity contribution < 1.29 is 29.0 Å². The van der Waals surface area contributed by atoms with Gasteiger partial charge in [0.15, 0.2) is 5.78 Å². The predicted molar refractivity (Wildman–Crippen MR) is 116 cm³/mol. The molecule has 1 fully saturated rings. The Kier molecular flexibility index (Phi) is 6.09. The maximum atomic E-state index is 13.6. The van der Waals surface area contributed by atoms with Gasteiger partial charge in [-0.05, 0) is 62.6 Å². The Hall–Kier alpha value is -3.09. The van der Waals surface area contributed by atoms with Crippen molar-refractivity contribution in [2.45, 2.75) is 58.0 Å². The number of nitrogens with one attached hydrogen (secondary N) is 1. The molecule has 1 aliphatic heterocycles. The average molecular weight is 440 g/mol. The van der Waals surface area contributed by atoms with Crippen LogP contribution < -0.4 is 5.32 Å². The maximum absolute atomic E-state index is 13.6. The number of rotatable bonds is 4. The molecular weight excluding hydrogens is 410 g/mol. The van der Waals surface area contributed by atoms with Gasteiger partial charge in [0, 0.05) is 22.9 Å². The number of allylic oxidation sites excluding steroid dienone is 3. The molecule has 4 rings (SSSR count). The molecule has 170 valence electrons. The summed E-state index contributed by atoms with van der Waals surface area (Å²) < 4.78 is 10.7. The third-order valence-electron chi connectivity index (χ3n) is 6.74.